The molecule has 0 aliphatic rings. The van der Waals surface area contributed by atoms with E-state index in [1.165, 1.54) is 18.2 Å². The molecule has 0 saturated carbocycles. The molecule has 2 aromatic rings. The van der Waals surface area contributed by atoms with Gasteiger partial charge in [0, 0.05) is 35.6 Å². The van der Waals surface area contributed by atoms with Crippen molar-refractivity contribution in [1.29, 1.82) is 0 Å². The van der Waals surface area contributed by atoms with E-state index in [0.717, 1.165) is 53.6 Å². The lowest BCUT2D eigenvalue weighted by molar-refractivity contribution is -0.120. The number of halogens is 1. The molecule has 0 atom stereocenters. The first-order valence-corrected chi connectivity index (χ1v) is 10.4. The van der Waals surface area contributed by atoms with E-state index in [1.54, 1.807) is 0 Å². The number of hydrogen-bond acceptors (Lipinski definition) is 3. The van der Waals surface area contributed by atoms with E-state index in [9.17, 15) is 18.8 Å². The third kappa shape index (κ3) is 6.91. The summed E-state index contributed by atoms with van der Waals surface area (Å²) in [4.78, 5) is 36.8. The van der Waals surface area contributed by atoms with Gasteiger partial charge in [0.15, 0.2) is 0 Å². The normalized spacial score (nSPS) is 11.3. The SMILES string of the molecule is C/C(=C\c1[nH]c(C)c(CC(=O)NCCCCCC=O)c1C)c1cc(F)ccc1NC=O. The summed E-state index contributed by atoms with van der Waals surface area (Å²) in [5, 5.41) is 5.52. The molecule has 2 amide bonds. The minimum absolute atomic E-state index is 0.0459. The van der Waals surface area contributed by atoms with E-state index in [-0.39, 0.29) is 18.1 Å². The number of aryl methyl sites for hydroxylation is 1. The first-order valence-electron chi connectivity index (χ1n) is 10.4. The zero-order valence-electron chi connectivity index (χ0n) is 18.3. The predicted octanol–water partition coefficient (Wildman–Crippen LogP) is 4.32. The topological polar surface area (TPSA) is 91.1 Å². The van der Waals surface area contributed by atoms with Gasteiger partial charge in [-0.15, -0.1) is 0 Å². The lowest BCUT2D eigenvalue weighted by Crippen LogP contribution is -2.26. The molecule has 0 radical (unpaired) electrons. The molecule has 1 aromatic carbocycles. The monoisotopic (exact) mass is 427 g/mol. The largest absolute Gasteiger partial charge is 0.359 e. The molecular formula is C24H30FN3O3. The van der Waals surface area contributed by atoms with Crippen molar-refractivity contribution in [1.82, 2.24) is 10.3 Å². The quantitative estimate of drug-likeness (QED) is 0.348. The zero-order chi connectivity index (χ0) is 22.8. The highest BCUT2D eigenvalue weighted by molar-refractivity contribution is 5.89. The van der Waals surface area contributed by atoms with Crippen LogP contribution in [0.5, 0.6) is 0 Å². The Hall–Kier alpha value is -3.22. The Morgan fingerprint density at radius 1 is 1.16 bits per heavy atom. The van der Waals surface area contributed by atoms with Crippen LogP contribution >= 0.6 is 0 Å². The van der Waals surface area contributed by atoms with Crippen LogP contribution in [0, 0.1) is 19.7 Å². The fourth-order valence-electron chi connectivity index (χ4n) is 3.53. The summed E-state index contributed by atoms with van der Waals surface area (Å²) in [6.07, 6.45) is 6.81. The van der Waals surface area contributed by atoms with Gasteiger partial charge in [0.2, 0.25) is 12.3 Å². The number of aldehydes is 1. The summed E-state index contributed by atoms with van der Waals surface area (Å²) in [7, 11) is 0. The van der Waals surface area contributed by atoms with Gasteiger partial charge in [-0.25, -0.2) is 4.39 Å². The number of anilines is 1. The molecule has 0 bridgehead atoms. The third-order valence-corrected chi connectivity index (χ3v) is 5.27. The van der Waals surface area contributed by atoms with Gasteiger partial charge in [-0.05, 0) is 74.6 Å². The standard InChI is InChI=1S/C24H30FN3O3/c1-16(20-13-19(25)8-9-22(20)27-15-30)12-23-17(2)21(18(3)28-23)14-24(31)26-10-6-4-5-7-11-29/h8-9,11-13,15,28H,4-7,10,14H2,1-3H3,(H,26,31)(H,27,30)/b16-12+. The molecular weight excluding hydrogens is 397 g/mol. The van der Waals surface area contributed by atoms with Crippen LogP contribution in [0.4, 0.5) is 10.1 Å². The first-order chi connectivity index (χ1) is 14.9. The molecule has 3 N–H and O–H groups in total. The fraction of sp³-hybridized carbons (Fsp3) is 0.375. The maximum Gasteiger partial charge on any atom is 0.224 e. The highest BCUT2D eigenvalue weighted by atomic mass is 19.1. The van der Waals surface area contributed by atoms with Crippen molar-refractivity contribution in [3.8, 4) is 0 Å². The molecule has 1 aromatic heterocycles. The van der Waals surface area contributed by atoms with E-state index in [1.807, 2.05) is 26.8 Å². The maximum absolute atomic E-state index is 13.8. The molecule has 7 heteroatoms. The van der Waals surface area contributed by atoms with Crippen LogP contribution in [-0.2, 0) is 20.8 Å². The van der Waals surface area contributed by atoms with Crippen molar-refractivity contribution in [2.75, 3.05) is 11.9 Å². The van der Waals surface area contributed by atoms with Crippen molar-refractivity contribution in [2.24, 2.45) is 0 Å². The second-order valence-electron chi connectivity index (χ2n) is 7.59. The molecule has 0 unspecified atom stereocenters. The van der Waals surface area contributed by atoms with E-state index < -0.39 is 0 Å². The van der Waals surface area contributed by atoms with Crippen molar-refractivity contribution >= 4 is 35.9 Å². The first kappa shape index (κ1) is 24.1. The Balaban J connectivity index is 2.11. The maximum atomic E-state index is 13.8. The highest BCUT2D eigenvalue weighted by Crippen LogP contribution is 2.28. The van der Waals surface area contributed by atoms with E-state index in [0.29, 0.717) is 30.6 Å². The Bertz CT molecular complexity index is 963. The fourth-order valence-corrected chi connectivity index (χ4v) is 3.53. The van der Waals surface area contributed by atoms with Gasteiger partial charge in [-0.3, -0.25) is 9.59 Å². The summed E-state index contributed by atoms with van der Waals surface area (Å²) < 4.78 is 13.8. The van der Waals surface area contributed by atoms with Crippen LogP contribution in [0.25, 0.3) is 11.6 Å². The van der Waals surface area contributed by atoms with Gasteiger partial charge in [-0.2, -0.15) is 0 Å². The Kier molecular flexibility index (Phi) is 9.18. The summed E-state index contributed by atoms with van der Waals surface area (Å²) >= 11 is 0. The molecule has 1 heterocycles. The smallest absolute Gasteiger partial charge is 0.224 e. The molecule has 2 rings (SSSR count). The number of unbranched alkanes of at least 4 members (excludes halogenated alkanes) is 3. The van der Waals surface area contributed by atoms with Crippen molar-refractivity contribution < 1.29 is 18.8 Å². The Morgan fingerprint density at radius 3 is 2.65 bits per heavy atom. The lowest BCUT2D eigenvalue weighted by atomic mass is 10.0. The van der Waals surface area contributed by atoms with Crippen LogP contribution in [0.2, 0.25) is 0 Å². The number of nitrogens with one attached hydrogen (secondary N) is 3. The van der Waals surface area contributed by atoms with Gasteiger partial charge in [0.25, 0.3) is 0 Å². The predicted molar refractivity (Wildman–Crippen MR) is 121 cm³/mol. The number of aromatic amines is 1. The van der Waals surface area contributed by atoms with Gasteiger partial charge in [0.1, 0.15) is 12.1 Å². The minimum atomic E-state index is -0.387. The van der Waals surface area contributed by atoms with Gasteiger partial charge < -0.3 is 20.4 Å². The molecule has 0 aliphatic heterocycles. The van der Waals surface area contributed by atoms with E-state index >= 15 is 0 Å². The number of hydrogen-bond donors (Lipinski definition) is 3. The Labute approximate surface area is 182 Å². The summed E-state index contributed by atoms with van der Waals surface area (Å²) in [5.74, 6) is -0.433. The highest BCUT2D eigenvalue weighted by Gasteiger charge is 2.14. The number of carbonyl (C=O) groups is 3. The second-order valence-corrected chi connectivity index (χ2v) is 7.59. The number of allylic oxidation sites excluding steroid dienone is 1. The number of H-pyrrole nitrogens is 1. The zero-order valence-corrected chi connectivity index (χ0v) is 18.3. The van der Waals surface area contributed by atoms with E-state index in [4.69, 9.17) is 0 Å². The van der Waals surface area contributed by atoms with Crippen molar-refractivity contribution in [3.63, 3.8) is 0 Å². The van der Waals surface area contributed by atoms with Gasteiger partial charge >= 0.3 is 0 Å². The molecule has 0 spiro atoms. The Morgan fingerprint density at radius 2 is 1.94 bits per heavy atom. The molecule has 31 heavy (non-hydrogen) atoms. The lowest BCUT2D eigenvalue weighted by Gasteiger charge is -2.09. The third-order valence-electron chi connectivity index (χ3n) is 5.27. The van der Waals surface area contributed by atoms with Crippen molar-refractivity contribution in [2.45, 2.75) is 52.9 Å². The molecule has 0 fully saturated rings. The van der Waals surface area contributed by atoms with Crippen LogP contribution < -0.4 is 10.6 Å². The minimum Gasteiger partial charge on any atom is -0.359 e. The summed E-state index contributed by atoms with van der Waals surface area (Å²) in [6.45, 7) is 6.31. The summed E-state index contributed by atoms with van der Waals surface area (Å²) in [6, 6.07) is 4.20. The number of benzene rings is 1. The number of carbonyl (C=O) groups excluding carboxylic acids is 3. The summed E-state index contributed by atoms with van der Waals surface area (Å²) in [5.41, 5.74) is 5.53. The average Bonchev–Trinajstić information content (AvgIpc) is 2.99. The van der Waals surface area contributed by atoms with Gasteiger partial charge in [-0.1, -0.05) is 6.42 Å². The average molecular weight is 428 g/mol. The number of rotatable bonds is 12. The number of amides is 2. The van der Waals surface area contributed by atoms with Crippen molar-refractivity contribution in [3.05, 3.63) is 52.1 Å². The van der Waals surface area contributed by atoms with Crippen LogP contribution in [0.3, 0.4) is 0 Å². The van der Waals surface area contributed by atoms with E-state index in [2.05, 4.69) is 15.6 Å². The second kappa shape index (κ2) is 11.8. The molecule has 0 saturated heterocycles. The molecule has 166 valence electrons. The molecule has 6 nitrogen and oxygen atoms in total. The molecule has 0 aliphatic carbocycles. The van der Waals surface area contributed by atoms with Gasteiger partial charge in [0.05, 0.1) is 6.42 Å². The number of aromatic nitrogens is 1. The van der Waals surface area contributed by atoms with Crippen LogP contribution in [-0.4, -0.2) is 30.1 Å². The van der Waals surface area contributed by atoms with Crippen LogP contribution in [0.15, 0.2) is 18.2 Å². The van der Waals surface area contributed by atoms with Crippen LogP contribution in [0.1, 0.15) is 60.7 Å².